The van der Waals surface area contributed by atoms with E-state index in [-0.39, 0.29) is 18.4 Å². The molecule has 0 radical (unpaired) electrons. The number of hydrogen-bond donors (Lipinski definition) is 2. The van der Waals surface area contributed by atoms with E-state index in [9.17, 15) is 9.59 Å². The van der Waals surface area contributed by atoms with Crippen molar-refractivity contribution in [3.05, 3.63) is 23.8 Å². The molecule has 0 spiro atoms. The van der Waals surface area contributed by atoms with E-state index in [1.165, 1.54) is 38.3 Å². The first-order chi connectivity index (χ1) is 13.6. The standard InChI is InChI=1S/C21H33N3O4/c1-4-5-6-7-8-9-10-11-20(25)22-16-21(26)24-23-15-17-12-13-18(27-2)19(14-17)28-3/h12-15H,4-11,16H2,1-3H3,(H,22,25)(H,24,26)/b23-15+. The number of unbranched alkanes of at least 4 members (excludes halogenated alkanes) is 6. The van der Waals surface area contributed by atoms with Gasteiger partial charge in [-0.2, -0.15) is 5.10 Å². The summed E-state index contributed by atoms with van der Waals surface area (Å²) in [6, 6.07) is 5.30. The first-order valence-corrected chi connectivity index (χ1v) is 9.91. The van der Waals surface area contributed by atoms with Crippen LogP contribution in [-0.2, 0) is 9.59 Å². The summed E-state index contributed by atoms with van der Waals surface area (Å²) >= 11 is 0. The van der Waals surface area contributed by atoms with Crippen molar-refractivity contribution in [2.24, 2.45) is 5.10 Å². The third-order valence-corrected chi connectivity index (χ3v) is 4.26. The molecule has 0 aromatic heterocycles. The van der Waals surface area contributed by atoms with Crippen LogP contribution in [0, 0.1) is 0 Å². The molecule has 1 aromatic rings. The molecule has 0 bridgehead atoms. The predicted molar refractivity (Wildman–Crippen MR) is 111 cm³/mol. The van der Waals surface area contributed by atoms with Crippen LogP contribution in [0.5, 0.6) is 11.5 Å². The Morgan fingerprint density at radius 3 is 2.32 bits per heavy atom. The average molecular weight is 392 g/mol. The van der Waals surface area contributed by atoms with Crippen LogP contribution in [-0.4, -0.2) is 38.8 Å². The molecule has 0 aliphatic heterocycles. The molecule has 2 amide bonds. The van der Waals surface area contributed by atoms with E-state index in [2.05, 4.69) is 22.8 Å². The van der Waals surface area contributed by atoms with Gasteiger partial charge in [0.15, 0.2) is 11.5 Å². The van der Waals surface area contributed by atoms with Gasteiger partial charge in [0, 0.05) is 6.42 Å². The van der Waals surface area contributed by atoms with Gasteiger partial charge in [-0.15, -0.1) is 0 Å². The summed E-state index contributed by atoms with van der Waals surface area (Å²) in [6.45, 7) is 2.11. The molecule has 0 saturated carbocycles. The molecule has 28 heavy (non-hydrogen) atoms. The third-order valence-electron chi connectivity index (χ3n) is 4.26. The summed E-state index contributed by atoms with van der Waals surface area (Å²) in [6.07, 6.45) is 10.1. The minimum absolute atomic E-state index is 0.0847. The smallest absolute Gasteiger partial charge is 0.259 e. The Kier molecular flexibility index (Phi) is 12.1. The van der Waals surface area contributed by atoms with Crippen molar-refractivity contribution < 1.29 is 19.1 Å². The van der Waals surface area contributed by atoms with Crippen molar-refractivity contribution in [2.75, 3.05) is 20.8 Å². The Morgan fingerprint density at radius 1 is 0.964 bits per heavy atom. The second-order valence-electron chi connectivity index (χ2n) is 6.56. The first-order valence-electron chi connectivity index (χ1n) is 9.91. The third kappa shape index (κ3) is 9.94. The fraction of sp³-hybridized carbons (Fsp3) is 0.571. The maximum absolute atomic E-state index is 11.8. The van der Waals surface area contributed by atoms with E-state index in [0.717, 1.165) is 18.4 Å². The van der Waals surface area contributed by atoms with Gasteiger partial charge in [-0.05, 0) is 30.2 Å². The van der Waals surface area contributed by atoms with Crippen LogP contribution >= 0.6 is 0 Å². The van der Waals surface area contributed by atoms with E-state index in [0.29, 0.717) is 17.9 Å². The van der Waals surface area contributed by atoms with Crippen LogP contribution in [0.4, 0.5) is 0 Å². The molecule has 0 fully saturated rings. The highest BCUT2D eigenvalue weighted by Gasteiger charge is 2.05. The lowest BCUT2D eigenvalue weighted by Gasteiger charge is -2.07. The number of rotatable bonds is 14. The Labute approximate surface area is 167 Å². The molecular formula is C21H33N3O4. The summed E-state index contributed by atoms with van der Waals surface area (Å²) in [7, 11) is 3.11. The highest BCUT2D eigenvalue weighted by molar-refractivity contribution is 5.86. The molecule has 0 aliphatic carbocycles. The molecule has 156 valence electrons. The maximum atomic E-state index is 11.8. The number of hydrazone groups is 1. The second-order valence-corrected chi connectivity index (χ2v) is 6.56. The molecule has 0 saturated heterocycles. The summed E-state index contributed by atoms with van der Waals surface area (Å²) in [5.41, 5.74) is 3.14. The van der Waals surface area contributed by atoms with Crippen LogP contribution < -0.4 is 20.2 Å². The van der Waals surface area contributed by atoms with Crippen molar-refractivity contribution in [1.29, 1.82) is 0 Å². The molecule has 7 heteroatoms. The van der Waals surface area contributed by atoms with Gasteiger partial charge in [0.2, 0.25) is 5.91 Å². The van der Waals surface area contributed by atoms with Gasteiger partial charge < -0.3 is 14.8 Å². The number of hydrogen-bond acceptors (Lipinski definition) is 5. The van der Waals surface area contributed by atoms with Crippen LogP contribution in [0.1, 0.15) is 63.9 Å². The van der Waals surface area contributed by atoms with Crippen LogP contribution in [0.2, 0.25) is 0 Å². The van der Waals surface area contributed by atoms with E-state index in [1.54, 1.807) is 32.4 Å². The molecule has 7 nitrogen and oxygen atoms in total. The summed E-state index contributed by atoms with van der Waals surface area (Å²) in [4.78, 5) is 23.5. The van der Waals surface area contributed by atoms with Crippen LogP contribution in [0.15, 0.2) is 23.3 Å². The van der Waals surface area contributed by atoms with Crippen molar-refractivity contribution in [2.45, 2.75) is 58.3 Å². The average Bonchev–Trinajstić information content (AvgIpc) is 2.71. The molecule has 1 aromatic carbocycles. The zero-order valence-corrected chi connectivity index (χ0v) is 17.3. The van der Waals surface area contributed by atoms with Crippen LogP contribution in [0.3, 0.4) is 0 Å². The lowest BCUT2D eigenvalue weighted by molar-refractivity contribution is -0.126. The second kappa shape index (κ2) is 14.5. The predicted octanol–water partition coefficient (Wildman–Crippen LogP) is 3.41. The van der Waals surface area contributed by atoms with E-state index in [1.807, 2.05) is 0 Å². The highest BCUT2D eigenvalue weighted by Crippen LogP contribution is 2.26. The lowest BCUT2D eigenvalue weighted by atomic mass is 10.1. The number of nitrogens with zero attached hydrogens (tertiary/aromatic N) is 1. The zero-order chi connectivity index (χ0) is 20.6. The van der Waals surface area contributed by atoms with Gasteiger partial charge >= 0.3 is 0 Å². The monoisotopic (exact) mass is 391 g/mol. The van der Waals surface area contributed by atoms with Gasteiger partial charge in [-0.1, -0.05) is 45.4 Å². The lowest BCUT2D eigenvalue weighted by Crippen LogP contribution is -2.34. The fourth-order valence-electron chi connectivity index (χ4n) is 2.66. The van der Waals surface area contributed by atoms with Crippen LogP contribution in [0.25, 0.3) is 0 Å². The maximum Gasteiger partial charge on any atom is 0.259 e. The Hall–Kier alpha value is -2.57. The Balaban J connectivity index is 2.20. The number of amides is 2. The molecule has 1 rings (SSSR count). The SMILES string of the molecule is CCCCCCCCCC(=O)NCC(=O)N/N=C/c1ccc(OC)c(OC)c1. The van der Waals surface area contributed by atoms with E-state index >= 15 is 0 Å². The highest BCUT2D eigenvalue weighted by atomic mass is 16.5. The molecule has 0 heterocycles. The molecule has 0 atom stereocenters. The topological polar surface area (TPSA) is 89.0 Å². The fourth-order valence-corrected chi connectivity index (χ4v) is 2.66. The van der Waals surface area contributed by atoms with Gasteiger partial charge in [-0.25, -0.2) is 5.43 Å². The van der Waals surface area contributed by atoms with Crippen molar-refractivity contribution in [3.8, 4) is 11.5 Å². The van der Waals surface area contributed by atoms with E-state index in [4.69, 9.17) is 9.47 Å². The number of carbonyl (C=O) groups excluding carboxylic acids is 2. The van der Waals surface area contributed by atoms with Gasteiger partial charge in [0.25, 0.3) is 5.91 Å². The Morgan fingerprint density at radius 2 is 1.64 bits per heavy atom. The van der Waals surface area contributed by atoms with Crippen molar-refractivity contribution in [1.82, 2.24) is 10.7 Å². The number of ether oxygens (including phenoxy) is 2. The molecule has 2 N–H and O–H groups in total. The van der Waals surface area contributed by atoms with E-state index < -0.39 is 0 Å². The zero-order valence-electron chi connectivity index (χ0n) is 17.3. The minimum Gasteiger partial charge on any atom is -0.493 e. The molecule has 0 unspecified atom stereocenters. The van der Waals surface area contributed by atoms with Gasteiger partial charge in [-0.3, -0.25) is 9.59 Å². The van der Waals surface area contributed by atoms with Crippen molar-refractivity contribution >= 4 is 18.0 Å². The molecular weight excluding hydrogens is 358 g/mol. The summed E-state index contributed by atoms with van der Waals surface area (Å²) in [5.74, 6) is 0.722. The minimum atomic E-state index is -0.371. The van der Waals surface area contributed by atoms with Gasteiger partial charge in [0.1, 0.15) is 0 Å². The largest absolute Gasteiger partial charge is 0.493 e. The summed E-state index contributed by atoms with van der Waals surface area (Å²) in [5, 5.41) is 6.50. The number of carbonyl (C=O) groups is 2. The van der Waals surface area contributed by atoms with Crippen molar-refractivity contribution in [3.63, 3.8) is 0 Å². The molecule has 0 aliphatic rings. The normalized spacial score (nSPS) is 10.7. The quantitative estimate of drug-likeness (QED) is 0.289. The van der Waals surface area contributed by atoms with Gasteiger partial charge in [0.05, 0.1) is 27.0 Å². The first kappa shape index (κ1) is 23.5. The number of methoxy groups -OCH3 is 2. The Bertz CT molecular complexity index is 632. The summed E-state index contributed by atoms with van der Waals surface area (Å²) < 4.78 is 10.4. The number of benzene rings is 1. The number of nitrogens with one attached hydrogen (secondary N) is 2.